The lowest BCUT2D eigenvalue weighted by molar-refractivity contribution is 0.286. The molecule has 0 saturated carbocycles. The van der Waals surface area contributed by atoms with Crippen LogP contribution in [0.2, 0.25) is 0 Å². The summed E-state index contributed by atoms with van der Waals surface area (Å²) in [5.41, 5.74) is 5.20. The molecule has 152 valence electrons. The Hall–Kier alpha value is -1.96. The van der Waals surface area contributed by atoms with E-state index in [9.17, 15) is 0 Å². The first-order valence-corrected chi connectivity index (χ1v) is 10.5. The van der Waals surface area contributed by atoms with E-state index >= 15 is 0 Å². The first-order chi connectivity index (χ1) is 13.2. The molecule has 2 heteroatoms. The minimum atomic E-state index is 0.887. The standard InChI is InChI=1S/C11H16O.C10H12O.2C2H6/c1-4-5-10-7-6-9(2)8-11(10)12-3;1-8-4-2-5-9-6-3-7-11-10(8)9;2*1-2/h6-8H,4-5H2,1-3H3;2,4-5H,3,6-7H2,1H3;2*1-2H3. The van der Waals surface area contributed by atoms with Gasteiger partial charge in [0, 0.05) is 0 Å². The smallest absolute Gasteiger partial charge is 0.125 e. The van der Waals surface area contributed by atoms with Gasteiger partial charge in [-0.3, -0.25) is 0 Å². The largest absolute Gasteiger partial charge is 0.496 e. The molecule has 0 saturated heterocycles. The van der Waals surface area contributed by atoms with E-state index in [0.717, 1.165) is 30.9 Å². The third-order valence-electron chi connectivity index (χ3n) is 4.09. The molecule has 0 spiro atoms. The van der Waals surface area contributed by atoms with Crippen molar-refractivity contribution in [1.82, 2.24) is 0 Å². The molecule has 0 radical (unpaired) electrons. The summed E-state index contributed by atoms with van der Waals surface area (Å²) in [6, 6.07) is 12.7. The predicted octanol–water partition coefficient (Wildman–Crippen LogP) is 7.33. The van der Waals surface area contributed by atoms with Crippen molar-refractivity contribution in [3.05, 3.63) is 58.7 Å². The van der Waals surface area contributed by atoms with E-state index < -0.39 is 0 Å². The Morgan fingerprint density at radius 3 is 2.30 bits per heavy atom. The van der Waals surface area contributed by atoms with Crippen molar-refractivity contribution in [3.8, 4) is 11.5 Å². The Labute approximate surface area is 167 Å². The molecule has 1 heterocycles. The van der Waals surface area contributed by atoms with Crippen LogP contribution >= 0.6 is 0 Å². The monoisotopic (exact) mass is 372 g/mol. The van der Waals surface area contributed by atoms with Gasteiger partial charge in [0.2, 0.25) is 0 Å². The number of rotatable bonds is 3. The van der Waals surface area contributed by atoms with Crippen LogP contribution in [-0.2, 0) is 12.8 Å². The Kier molecular flexibility index (Phi) is 14.0. The van der Waals surface area contributed by atoms with E-state index in [0.29, 0.717) is 0 Å². The van der Waals surface area contributed by atoms with E-state index in [1.165, 1.54) is 35.1 Å². The number of hydrogen-bond donors (Lipinski definition) is 0. The molecular formula is C25H40O2. The zero-order chi connectivity index (χ0) is 20.7. The lowest BCUT2D eigenvalue weighted by Gasteiger charge is -2.18. The van der Waals surface area contributed by atoms with E-state index in [-0.39, 0.29) is 0 Å². The van der Waals surface area contributed by atoms with Crippen molar-refractivity contribution in [1.29, 1.82) is 0 Å². The van der Waals surface area contributed by atoms with Crippen molar-refractivity contribution in [2.75, 3.05) is 13.7 Å². The fourth-order valence-corrected chi connectivity index (χ4v) is 2.88. The van der Waals surface area contributed by atoms with E-state index in [1.807, 2.05) is 27.7 Å². The number of para-hydroxylation sites is 1. The van der Waals surface area contributed by atoms with Gasteiger partial charge in [0.15, 0.2) is 0 Å². The van der Waals surface area contributed by atoms with Crippen LogP contribution in [0.4, 0.5) is 0 Å². The molecule has 27 heavy (non-hydrogen) atoms. The highest BCUT2D eigenvalue weighted by Crippen LogP contribution is 2.27. The molecule has 0 atom stereocenters. The normalized spacial score (nSPS) is 11.1. The van der Waals surface area contributed by atoms with Crippen molar-refractivity contribution >= 4 is 0 Å². The minimum absolute atomic E-state index is 0.887. The van der Waals surface area contributed by atoms with Gasteiger partial charge in [-0.05, 0) is 61.4 Å². The molecule has 3 rings (SSSR count). The molecule has 2 aromatic rings. The average molecular weight is 373 g/mol. The van der Waals surface area contributed by atoms with Crippen molar-refractivity contribution < 1.29 is 9.47 Å². The Balaban J connectivity index is 0.000000424. The van der Waals surface area contributed by atoms with Crippen LogP contribution in [-0.4, -0.2) is 13.7 Å². The van der Waals surface area contributed by atoms with Gasteiger partial charge in [-0.15, -0.1) is 0 Å². The minimum Gasteiger partial charge on any atom is -0.496 e. The van der Waals surface area contributed by atoms with Gasteiger partial charge in [0.25, 0.3) is 0 Å². The maximum absolute atomic E-state index is 5.55. The van der Waals surface area contributed by atoms with Crippen molar-refractivity contribution in [2.24, 2.45) is 0 Å². The van der Waals surface area contributed by atoms with Crippen molar-refractivity contribution in [2.45, 2.75) is 74.1 Å². The molecule has 1 aliphatic rings. The Morgan fingerprint density at radius 2 is 1.70 bits per heavy atom. The number of fused-ring (bicyclic) bond motifs is 1. The highest BCUT2D eigenvalue weighted by atomic mass is 16.5. The molecular weight excluding hydrogens is 332 g/mol. The summed E-state index contributed by atoms with van der Waals surface area (Å²) in [6.07, 6.45) is 4.61. The molecule has 0 amide bonds. The molecule has 0 fully saturated rings. The third kappa shape index (κ3) is 8.51. The summed E-state index contributed by atoms with van der Waals surface area (Å²) in [7, 11) is 1.73. The lowest BCUT2D eigenvalue weighted by atomic mass is 10.0. The molecule has 0 unspecified atom stereocenters. The molecule has 2 nitrogen and oxygen atoms in total. The molecule has 0 bridgehead atoms. The topological polar surface area (TPSA) is 18.5 Å². The van der Waals surface area contributed by atoms with Crippen LogP contribution in [0.25, 0.3) is 0 Å². The van der Waals surface area contributed by atoms with E-state index in [2.05, 4.69) is 57.2 Å². The molecule has 1 aliphatic heterocycles. The van der Waals surface area contributed by atoms with E-state index in [1.54, 1.807) is 7.11 Å². The second-order valence-electron chi connectivity index (χ2n) is 6.08. The Morgan fingerprint density at radius 1 is 1.00 bits per heavy atom. The van der Waals surface area contributed by atoms with Gasteiger partial charge in [0.1, 0.15) is 11.5 Å². The number of methoxy groups -OCH3 is 1. The van der Waals surface area contributed by atoms with Crippen LogP contribution in [0.15, 0.2) is 36.4 Å². The summed E-state index contributed by atoms with van der Waals surface area (Å²) in [5.74, 6) is 2.15. The number of aryl methyl sites for hydroxylation is 4. The van der Waals surface area contributed by atoms with Crippen LogP contribution in [0.5, 0.6) is 11.5 Å². The van der Waals surface area contributed by atoms with Crippen molar-refractivity contribution in [3.63, 3.8) is 0 Å². The van der Waals surface area contributed by atoms with Gasteiger partial charge in [-0.25, -0.2) is 0 Å². The number of benzene rings is 2. The predicted molar refractivity (Wildman–Crippen MR) is 119 cm³/mol. The first-order valence-electron chi connectivity index (χ1n) is 10.5. The molecule has 0 aromatic heterocycles. The van der Waals surface area contributed by atoms with Crippen LogP contribution in [0, 0.1) is 13.8 Å². The fourth-order valence-electron chi connectivity index (χ4n) is 2.88. The van der Waals surface area contributed by atoms with Gasteiger partial charge in [-0.2, -0.15) is 0 Å². The van der Waals surface area contributed by atoms with Gasteiger partial charge in [0.05, 0.1) is 13.7 Å². The first kappa shape index (κ1) is 25.0. The van der Waals surface area contributed by atoms with Crippen LogP contribution in [0.1, 0.15) is 69.7 Å². The number of hydrogen-bond acceptors (Lipinski definition) is 2. The van der Waals surface area contributed by atoms with Gasteiger partial charge < -0.3 is 9.47 Å². The summed E-state index contributed by atoms with van der Waals surface area (Å²) in [6.45, 7) is 15.2. The number of ether oxygens (including phenoxy) is 2. The summed E-state index contributed by atoms with van der Waals surface area (Å²) in [5, 5.41) is 0. The quantitative estimate of drug-likeness (QED) is 0.561. The Bertz CT molecular complexity index is 632. The zero-order valence-electron chi connectivity index (χ0n) is 18.8. The fraction of sp³-hybridized carbons (Fsp3) is 0.520. The zero-order valence-corrected chi connectivity index (χ0v) is 18.8. The summed E-state index contributed by atoms with van der Waals surface area (Å²) < 4.78 is 10.8. The maximum Gasteiger partial charge on any atom is 0.125 e. The molecule has 0 N–H and O–H groups in total. The molecule has 2 aromatic carbocycles. The van der Waals surface area contributed by atoms with E-state index in [4.69, 9.17) is 9.47 Å². The highest BCUT2D eigenvalue weighted by molar-refractivity contribution is 5.41. The maximum atomic E-state index is 5.55. The van der Waals surface area contributed by atoms with Crippen LogP contribution in [0.3, 0.4) is 0 Å². The van der Waals surface area contributed by atoms with Gasteiger partial charge >= 0.3 is 0 Å². The second-order valence-corrected chi connectivity index (χ2v) is 6.08. The SMILES string of the molecule is CC.CC.CCCc1ccc(C)cc1OC.Cc1cccc2c1OCCC2. The highest BCUT2D eigenvalue weighted by Gasteiger charge is 2.10. The second kappa shape index (κ2) is 15.1. The lowest BCUT2D eigenvalue weighted by Crippen LogP contribution is -2.09. The third-order valence-corrected chi connectivity index (χ3v) is 4.09. The summed E-state index contributed by atoms with van der Waals surface area (Å²) >= 11 is 0. The summed E-state index contributed by atoms with van der Waals surface area (Å²) in [4.78, 5) is 0. The van der Waals surface area contributed by atoms with Crippen LogP contribution < -0.4 is 9.47 Å². The molecule has 0 aliphatic carbocycles. The van der Waals surface area contributed by atoms with Gasteiger partial charge in [-0.1, -0.05) is 71.4 Å². The average Bonchev–Trinajstić information content (AvgIpc) is 2.73.